The average Bonchev–Trinajstić information content (AvgIpc) is 2.64. The van der Waals surface area contributed by atoms with Crippen LogP contribution in [0.2, 0.25) is 0 Å². The van der Waals surface area contributed by atoms with Crippen molar-refractivity contribution >= 4 is 5.97 Å². The summed E-state index contributed by atoms with van der Waals surface area (Å²) < 4.78 is 2.11. The minimum Gasteiger partial charge on any atom is -0.481 e. The summed E-state index contributed by atoms with van der Waals surface area (Å²) in [4.78, 5) is 15.3. The van der Waals surface area contributed by atoms with Crippen LogP contribution in [-0.2, 0) is 11.2 Å². The fraction of sp³-hybridized carbons (Fsp3) is 0.375. The number of aliphatic carboxylic acids is 1. The van der Waals surface area contributed by atoms with Gasteiger partial charge in [0.25, 0.3) is 0 Å². The highest BCUT2D eigenvalue weighted by atomic mass is 16.4. The lowest BCUT2D eigenvalue weighted by Gasteiger charge is -2.10. The smallest absolute Gasteiger partial charge is 0.306 e. The highest BCUT2D eigenvalue weighted by Crippen LogP contribution is 2.18. The second-order valence-corrected chi connectivity index (χ2v) is 5.28. The highest BCUT2D eigenvalue weighted by Gasteiger charge is 2.12. The van der Waals surface area contributed by atoms with E-state index in [9.17, 15) is 4.79 Å². The van der Waals surface area contributed by atoms with Crippen molar-refractivity contribution in [1.29, 1.82) is 0 Å². The normalized spacial score (nSPS) is 12.4. The van der Waals surface area contributed by atoms with Gasteiger partial charge in [0.05, 0.1) is 11.6 Å². The van der Waals surface area contributed by atoms with E-state index in [1.165, 1.54) is 0 Å². The number of carboxylic acid groups (broad SMARTS) is 1. The molecule has 4 nitrogen and oxygen atoms in total. The third kappa shape index (κ3) is 2.74. The second kappa shape index (κ2) is 5.49. The number of aromatic nitrogens is 2. The Labute approximate surface area is 119 Å². The fourth-order valence-electron chi connectivity index (χ4n) is 2.38. The lowest BCUT2D eigenvalue weighted by Crippen LogP contribution is -2.12. The van der Waals surface area contributed by atoms with Crippen molar-refractivity contribution in [3.63, 3.8) is 0 Å². The Hall–Kier alpha value is -2.10. The van der Waals surface area contributed by atoms with Crippen LogP contribution in [0.1, 0.15) is 29.7 Å². The molecule has 0 amide bonds. The minimum atomic E-state index is -0.758. The van der Waals surface area contributed by atoms with E-state index < -0.39 is 5.97 Å². The van der Waals surface area contributed by atoms with Crippen LogP contribution in [0.15, 0.2) is 24.3 Å². The van der Waals surface area contributed by atoms with Crippen molar-refractivity contribution in [2.45, 2.75) is 34.1 Å². The summed E-state index contributed by atoms with van der Waals surface area (Å²) >= 11 is 0. The Morgan fingerprint density at radius 2 is 1.85 bits per heavy atom. The lowest BCUT2D eigenvalue weighted by molar-refractivity contribution is -0.141. The number of aryl methyl sites for hydroxylation is 2. The maximum atomic E-state index is 10.9. The van der Waals surface area contributed by atoms with Crippen molar-refractivity contribution in [1.82, 2.24) is 9.55 Å². The van der Waals surface area contributed by atoms with E-state index in [1.807, 2.05) is 38.1 Å². The van der Waals surface area contributed by atoms with E-state index in [-0.39, 0.29) is 5.92 Å². The van der Waals surface area contributed by atoms with Gasteiger partial charge < -0.3 is 9.67 Å². The molecule has 0 aliphatic carbocycles. The molecule has 0 spiro atoms. The predicted octanol–water partition coefficient (Wildman–Crippen LogP) is 3.06. The molecule has 0 saturated carbocycles. The lowest BCUT2D eigenvalue weighted by atomic mass is 10.0. The van der Waals surface area contributed by atoms with Crippen LogP contribution >= 0.6 is 0 Å². The van der Waals surface area contributed by atoms with Crippen molar-refractivity contribution in [3.05, 3.63) is 47.0 Å². The van der Waals surface area contributed by atoms with Crippen LogP contribution in [0.4, 0.5) is 0 Å². The zero-order chi connectivity index (χ0) is 14.9. The van der Waals surface area contributed by atoms with E-state index in [4.69, 9.17) is 5.11 Å². The van der Waals surface area contributed by atoms with Gasteiger partial charge in [-0.15, -0.1) is 0 Å². The number of rotatable bonds is 4. The maximum Gasteiger partial charge on any atom is 0.306 e. The number of nitrogens with zero attached hydrogens (tertiary/aromatic N) is 2. The van der Waals surface area contributed by atoms with Crippen LogP contribution in [0.25, 0.3) is 5.69 Å². The minimum absolute atomic E-state index is 0.361. The Bertz CT molecular complexity index is 627. The van der Waals surface area contributed by atoms with Crippen molar-refractivity contribution in [2.75, 3.05) is 0 Å². The SMILES string of the molecule is Cc1nc(C)n(-c2ccc(CC(C)C(=O)O)cc2)c1C. The molecule has 0 aliphatic heterocycles. The Morgan fingerprint density at radius 3 is 2.30 bits per heavy atom. The van der Waals surface area contributed by atoms with Gasteiger partial charge in [0.2, 0.25) is 0 Å². The Morgan fingerprint density at radius 1 is 1.25 bits per heavy atom. The van der Waals surface area contributed by atoms with Gasteiger partial charge in [0.1, 0.15) is 5.82 Å². The maximum absolute atomic E-state index is 10.9. The molecule has 2 rings (SSSR count). The molecule has 1 aromatic heterocycles. The van der Waals surface area contributed by atoms with E-state index in [2.05, 4.69) is 16.5 Å². The number of carbonyl (C=O) groups is 1. The quantitative estimate of drug-likeness (QED) is 0.930. The topological polar surface area (TPSA) is 55.1 Å². The van der Waals surface area contributed by atoms with E-state index in [0.717, 1.165) is 28.5 Å². The van der Waals surface area contributed by atoms with Crippen molar-refractivity contribution in [3.8, 4) is 5.69 Å². The van der Waals surface area contributed by atoms with Crippen molar-refractivity contribution < 1.29 is 9.90 Å². The van der Waals surface area contributed by atoms with E-state index >= 15 is 0 Å². The summed E-state index contributed by atoms with van der Waals surface area (Å²) in [6.45, 7) is 7.77. The summed E-state index contributed by atoms with van der Waals surface area (Å²) in [6.07, 6.45) is 0.552. The first-order valence-electron chi connectivity index (χ1n) is 6.74. The fourth-order valence-corrected chi connectivity index (χ4v) is 2.38. The van der Waals surface area contributed by atoms with Crippen molar-refractivity contribution in [2.24, 2.45) is 5.92 Å². The molecule has 0 fully saturated rings. The molecular formula is C16H20N2O2. The molecule has 1 N–H and O–H groups in total. The third-order valence-corrected chi connectivity index (χ3v) is 3.67. The van der Waals surface area contributed by atoms with Gasteiger partial charge in [-0.25, -0.2) is 4.98 Å². The van der Waals surface area contributed by atoms with Gasteiger partial charge in [-0.05, 0) is 44.9 Å². The van der Waals surface area contributed by atoms with Gasteiger partial charge in [0, 0.05) is 11.4 Å². The summed E-state index contributed by atoms with van der Waals surface area (Å²) in [7, 11) is 0. The molecule has 0 radical (unpaired) electrons. The first-order chi connectivity index (χ1) is 9.40. The average molecular weight is 272 g/mol. The monoisotopic (exact) mass is 272 g/mol. The van der Waals surface area contributed by atoms with Gasteiger partial charge in [-0.1, -0.05) is 19.1 Å². The zero-order valence-electron chi connectivity index (χ0n) is 12.3. The first kappa shape index (κ1) is 14.3. The molecule has 1 heterocycles. The largest absolute Gasteiger partial charge is 0.481 e. The standard InChI is InChI=1S/C16H20N2O2/c1-10(16(19)20)9-14-5-7-15(8-6-14)18-12(3)11(2)17-13(18)4/h5-8,10H,9H2,1-4H3,(H,19,20). The molecule has 106 valence electrons. The van der Waals surface area contributed by atoms with E-state index in [1.54, 1.807) is 6.92 Å². The second-order valence-electron chi connectivity index (χ2n) is 5.28. The molecule has 0 aliphatic rings. The van der Waals surface area contributed by atoms with Crippen LogP contribution in [0, 0.1) is 26.7 Å². The van der Waals surface area contributed by atoms with Crippen LogP contribution in [0.3, 0.4) is 0 Å². The van der Waals surface area contributed by atoms with Crippen LogP contribution in [0.5, 0.6) is 0 Å². The Kier molecular flexibility index (Phi) is 3.93. The summed E-state index contributed by atoms with van der Waals surface area (Å²) in [5.74, 6) is -0.155. The molecule has 1 unspecified atom stereocenters. The third-order valence-electron chi connectivity index (χ3n) is 3.67. The van der Waals surface area contributed by atoms with Crippen LogP contribution < -0.4 is 0 Å². The van der Waals surface area contributed by atoms with Gasteiger partial charge >= 0.3 is 5.97 Å². The molecule has 0 bridgehead atoms. The molecule has 1 aromatic carbocycles. The zero-order valence-corrected chi connectivity index (χ0v) is 12.3. The van der Waals surface area contributed by atoms with Gasteiger partial charge in [-0.2, -0.15) is 0 Å². The number of benzene rings is 1. The summed E-state index contributed by atoms with van der Waals surface area (Å²) in [5.41, 5.74) is 4.27. The molecule has 0 saturated heterocycles. The number of hydrogen-bond acceptors (Lipinski definition) is 2. The van der Waals surface area contributed by atoms with Crippen LogP contribution in [-0.4, -0.2) is 20.6 Å². The van der Waals surface area contributed by atoms with E-state index in [0.29, 0.717) is 6.42 Å². The summed E-state index contributed by atoms with van der Waals surface area (Å²) in [6, 6.07) is 8.02. The molecule has 2 aromatic rings. The number of carboxylic acids is 1. The molecule has 4 heteroatoms. The number of hydrogen-bond donors (Lipinski definition) is 1. The first-order valence-corrected chi connectivity index (χ1v) is 6.74. The predicted molar refractivity (Wildman–Crippen MR) is 78.3 cm³/mol. The molecule has 20 heavy (non-hydrogen) atoms. The number of imidazole rings is 1. The molecular weight excluding hydrogens is 252 g/mol. The van der Waals surface area contributed by atoms with Gasteiger partial charge in [-0.3, -0.25) is 4.79 Å². The Balaban J connectivity index is 2.26. The molecule has 1 atom stereocenters. The highest BCUT2D eigenvalue weighted by molar-refractivity contribution is 5.69. The summed E-state index contributed by atoms with van der Waals surface area (Å²) in [5, 5.41) is 8.94. The van der Waals surface area contributed by atoms with Gasteiger partial charge in [0.15, 0.2) is 0 Å².